The Labute approximate surface area is 206 Å². The van der Waals surface area contributed by atoms with Crippen LogP contribution in [0.2, 0.25) is 0 Å². The van der Waals surface area contributed by atoms with Gasteiger partial charge in [0.2, 0.25) is 0 Å². The molecule has 0 atom stereocenters. The molecule has 0 amide bonds. The number of pyridine rings is 1. The number of carbonyl (C=O) groups excluding carboxylic acids is 1. The first kappa shape index (κ1) is 23.5. The van der Waals surface area contributed by atoms with Crippen molar-refractivity contribution in [3.05, 3.63) is 83.1 Å². The highest BCUT2D eigenvalue weighted by atomic mass is 19.3. The van der Waals surface area contributed by atoms with Crippen LogP contribution in [0.3, 0.4) is 0 Å². The number of esters is 1. The van der Waals surface area contributed by atoms with Crippen LogP contribution in [-0.4, -0.2) is 34.7 Å². The molecule has 0 fully saturated rings. The van der Waals surface area contributed by atoms with E-state index in [1.54, 1.807) is 14.2 Å². The number of alkyl halides is 2. The Morgan fingerprint density at radius 2 is 1.92 bits per heavy atom. The summed E-state index contributed by atoms with van der Waals surface area (Å²) >= 11 is 0. The van der Waals surface area contributed by atoms with E-state index in [-0.39, 0.29) is 12.4 Å². The summed E-state index contributed by atoms with van der Waals surface area (Å²) in [6, 6.07) is 13.0. The molecule has 0 bridgehead atoms. The van der Waals surface area contributed by atoms with E-state index in [2.05, 4.69) is 4.98 Å². The summed E-state index contributed by atoms with van der Waals surface area (Å²) in [5, 5.41) is 0.658. The Balaban J connectivity index is 1.53. The third-order valence-corrected chi connectivity index (χ3v) is 6.19. The minimum Gasteiger partial charge on any atom is -0.493 e. The summed E-state index contributed by atoms with van der Waals surface area (Å²) in [7, 11) is 3.17. The minimum atomic E-state index is -2.77. The SMILES string of the molecule is COc1ccc(/C=C2\CCc3c2nc2ccccc2c3C(=O)OCc2nccn2C(F)F)cc1OC. The van der Waals surface area contributed by atoms with E-state index in [4.69, 9.17) is 19.2 Å². The predicted octanol–water partition coefficient (Wildman–Crippen LogP) is 5.69. The maximum atomic E-state index is 13.3. The molecule has 0 spiro atoms. The largest absolute Gasteiger partial charge is 0.493 e. The number of allylic oxidation sites excluding steroid dienone is 1. The van der Waals surface area contributed by atoms with Gasteiger partial charge in [-0.3, -0.25) is 4.57 Å². The number of hydrogen-bond acceptors (Lipinski definition) is 6. The van der Waals surface area contributed by atoms with Crippen molar-refractivity contribution in [2.24, 2.45) is 0 Å². The van der Waals surface area contributed by atoms with Crippen molar-refractivity contribution in [3.8, 4) is 11.5 Å². The van der Waals surface area contributed by atoms with Gasteiger partial charge >= 0.3 is 12.5 Å². The number of imidazole rings is 1. The molecule has 4 aromatic rings. The molecule has 1 aliphatic rings. The molecule has 2 aromatic carbocycles. The van der Waals surface area contributed by atoms with Crippen LogP contribution < -0.4 is 9.47 Å². The van der Waals surface area contributed by atoms with Gasteiger partial charge in [-0.1, -0.05) is 24.3 Å². The molecule has 0 saturated heterocycles. The quantitative estimate of drug-likeness (QED) is 0.309. The highest BCUT2D eigenvalue weighted by Gasteiger charge is 2.28. The monoisotopic (exact) mass is 491 g/mol. The van der Waals surface area contributed by atoms with Crippen LogP contribution in [0.5, 0.6) is 11.5 Å². The van der Waals surface area contributed by atoms with Crippen LogP contribution in [0.15, 0.2) is 54.9 Å². The molecule has 2 aromatic heterocycles. The number of fused-ring (bicyclic) bond motifs is 2. The van der Waals surface area contributed by atoms with Gasteiger partial charge in [-0.2, -0.15) is 8.78 Å². The zero-order valence-electron chi connectivity index (χ0n) is 19.7. The third kappa shape index (κ3) is 4.28. The molecule has 0 unspecified atom stereocenters. The van der Waals surface area contributed by atoms with Crippen LogP contribution in [0.1, 0.15) is 46.0 Å². The fourth-order valence-electron chi connectivity index (χ4n) is 4.49. The van der Waals surface area contributed by atoms with E-state index in [0.29, 0.717) is 45.4 Å². The van der Waals surface area contributed by atoms with E-state index >= 15 is 0 Å². The van der Waals surface area contributed by atoms with Crippen molar-refractivity contribution in [2.45, 2.75) is 26.0 Å². The van der Waals surface area contributed by atoms with Gasteiger partial charge in [0.1, 0.15) is 6.61 Å². The topological polar surface area (TPSA) is 75.5 Å². The van der Waals surface area contributed by atoms with Crippen molar-refractivity contribution < 1.29 is 27.8 Å². The normalized spacial score (nSPS) is 13.9. The van der Waals surface area contributed by atoms with Gasteiger partial charge in [-0.05, 0) is 53.8 Å². The van der Waals surface area contributed by atoms with Crippen LogP contribution in [0, 0.1) is 0 Å². The molecule has 2 heterocycles. The zero-order chi connectivity index (χ0) is 25.2. The molecule has 9 heteroatoms. The predicted molar refractivity (Wildman–Crippen MR) is 130 cm³/mol. The highest BCUT2D eigenvalue weighted by molar-refractivity contribution is 6.07. The molecule has 0 radical (unpaired) electrons. The second-order valence-electron chi connectivity index (χ2n) is 8.22. The number of ether oxygens (including phenoxy) is 3. The van der Waals surface area contributed by atoms with E-state index < -0.39 is 12.5 Å². The molecular formula is C27H23F2N3O4. The molecule has 36 heavy (non-hydrogen) atoms. The van der Waals surface area contributed by atoms with Crippen molar-refractivity contribution in [3.63, 3.8) is 0 Å². The molecule has 0 aliphatic heterocycles. The number of benzene rings is 2. The van der Waals surface area contributed by atoms with Gasteiger partial charge in [0.05, 0.1) is 31.0 Å². The first-order valence-corrected chi connectivity index (χ1v) is 11.3. The van der Waals surface area contributed by atoms with E-state index in [9.17, 15) is 13.6 Å². The lowest BCUT2D eigenvalue weighted by atomic mass is 10.0. The Morgan fingerprint density at radius 1 is 1.11 bits per heavy atom. The second kappa shape index (κ2) is 9.77. The Kier molecular flexibility index (Phi) is 6.37. The summed E-state index contributed by atoms with van der Waals surface area (Å²) in [4.78, 5) is 22.0. The Bertz CT molecular complexity index is 1480. The average Bonchev–Trinajstić information content (AvgIpc) is 3.53. The Hall–Kier alpha value is -4.27. The van der Waals surface area contributed by atoms with Gasteiger partial charge in [0.15, 0.2) is 17.3 Å². The van der Waals surface area contributed by atoms with Crippen molar-refractivity contribution >= 4 is 28.5 Å². The zero-order valence-corrected chi connectivity index (χ0v) is 19.7. The van der Waals surface area contributed by atoms with E-state index in [1.807, 2.05) is 48.5 Å². The number of hydrogen-bond donors (Lipinski definition) is 0. The summed E-state index contributed by atoms with van der Waals surface area (Å²) in [6.45, 7) is -3.13. The average molecular weight is 491 g/mol. The third-order valence-electron chi connectivity index (χ3n) is 6.19. The van der Waals surface area contributed by atoms with Crippen LogP contribution >= 0.6 is 0 Å². The number of rotatable bonds is 7. The smallest absolute Gasteiger partial charge is 0.339 e. The second-order valence-corrected chi connectivity index (χ2v) is 8.22. The lowest BCUT2D eigenvalue weighted by molar-refractivity contribution is 0.0377. The van der Waals surface area contributed by atoms with Crippen LogP contribution in [-0.2, 0) is 17.8 Å². The number of methoxy groups -OCH3 is 2. The van der Waals surface area contributed by atoms with Crippen molar-refractivity contribution in [1.82, 2.24) is 14.5 Å². The lowest BCUT2D eigenvalue weighted by Gasteiger charge is -2.13. The van der Waals surface area contributed by atoms with Crippen molar-refractivity contribution in [2.75, 3.05) is 14.2 Å². The van der Waals surface area contributed by atoms with Gasteiger partial charge in [0.25, 0.3) is 0 Å². The van der Waals surface area contributed by atoms with Gasteiger partial charge < -0.3 is 14.2 Å². The van der Waals surface area contributed by atoms with Gasteiger partial charge in [-0.15, -0.1) is 0 Å². The molecular weight excluding hydrogens is 468 g/mol. The summed E-state index contributed by atoms with van der Waals surface area (Å²) in [6.07, 6.45) is 5.70. The lowest BCUT2D eigenvalue weighted by Crippen LogP contribution is -2.13. The fraction of sp³-hybridized carbons (Fsp3) is 0.222. The van der Waals surface area contributed by atoms with Crippen LogP contribution in [0.25, 0.3) is 22.6 Å². The minimum absolute atomic E-state index is 0.0256. The first-order chi connectivity index (χ1) is 17.5. The maximum absolute atomic E-state index is 13.3. The summed E-state index contributed by atoms with van der Waals surface area (Å²) < 4.78 is 43.2. The number of halogens is 2. The number of nitrogens with zero attached hydrogens (tertiary/aromatic N) is 3. The van der Waals surface area contributed by atoms with E-state index in [1.165, 1.54) is 6.20 Å². The standard InChI is InChI=1S/C27H23F2N3O4/c1-34-21-10-7-16(14-22(21)35-2)13-17-8-9-19-24(18-5-3-4-6-20(18)31-25(17)19)26(33)36-15-23-30-11-12-32(23)27(28)29/h3-7,10-14,27H,8-9,15H2,1-2H3/b17-13+. The van der Waals surface area contributed by atoms with Crippen molar-refractivity contribution in [1.29, 1.82) is 0 Å². The number of aromatic nitrogens is 3. The number of para-hydroxylation sites is 1. The fourth-order valence-corrected chi connectivity index (χ4v) is 4.49. The molecule has 7 nitrogen and oxygen atoms in total. The molecule has 184 valence electrons. The van der Waals surface area contributed by atoms with Crippen LogP contribution in [0.4, 0.5) is 8.78 Å². The summed E-state index contributed by atoms with van der Waals surface area (Å²) in [5.74, 6) is 0.625. The first-order valence-electron chi connectivity index (χ1n) is 11.3. The summed E-state index contributed by atoms with van der Waals surface area (Å²) in [5.41, 5.74) is 4.45. The number of carbonyl (C=O) groups is 1. The molecule has 0 N–H and O–H groups in total. The van der Waals surface area contributed by atoms with Gasteiger partial charge in [0, 0.05) is 17.8 Å². The molecule has 5 rings (SSSR count). The maximum Gasteiger partial charge on any atom is 0.339 e. The molecule has 1 aliphatic carbocycles. The van der Waals surface area contributed by atoms with Gasteiger partial charge in [-0.25, -0.2) is 14.8 Å². The highest BCUT2D eigenvalue weighted by Crippen LogP contribution is 2.38. The molecule has 0 saturated carbocycles. The van der Waals surface area contributed by atoms with E-state index in [0.717, 1.165) is 28.6 Å². The Morgan fingerprint density at radius 3 is 2.69 bits per heavy atom.